The smallest absolute Gasteiger partial charge is 0.341 e. The predicted molar refractivity (Wildman–Crippen MR) is 76.7 cm³/mol. The van der Waals surface area contributed by atoms with Crippen molar-refractivity contribution < 1.29 is 9.53 Å². The highest BCUT2D eigenvalue weighted by Crippen LogP contribution is 2.22. The van der Waals surface area contributed by atoms with E-state index < -0.39 is 0 Å². The minimum Gasteiger partial charge on any atom is -0.465 e. The third kappa shape index (κ3) is 2.05. The van der Waals surface area contributed by atoms with Crippen LogP contribution in [0.1, 0.15) is 15.9 Å². The van der Waals surface area contributed by atoms with E-state index in [0.717, 1.165) is 16.6 Å². The van der Waals surface area contributed by atoms with Gasteiger partial charge >= 0.3 is 5.97 Å². The molecular weight excluding hydrogens is 252 g/mol. The zero-order valence-electron chi connectivity index (χ0n) is 11.3. The summed E-state index contributed by atoms with van der Waals surface area (Å²) >= 11 is 0. The molecule has 4 nitrogen and oxygen atoms in total. The van der Waals surface area contributed by atoms with E-state index in [1.165, 1.54) is 18.9 Å². The first-order chi connectivity index (χ1) is 9.69. The van der Waals surface area contributed by atoms with Crippen LogP contribution in [0.25, 0.3) is 16.6 Å². The van der Waals surface area contributed by atoms with Crippen LogP contribution in [0.4, 0.5) is 0 Å². The Morgan fingerprint density at radius 2 is 1.80 bits per heavy atom. The number of nitrogens with zero attached hydrogens (tertiary/aromatic N) is 2. The van der Waals surface area contributed by atoms with Gasteiger partial charge in [-0.05, 0) is 18.6 Å². The minimum absolute atomic E-state index is 0.372. The molecule has 0 fully saturated rings. The largest absolute Gasteiger partial charge is 0.465 e. The summed E-state index contributed by atoms with van der Waals surface area (Å²) in [5.74, 6) is -0.372. The van der Waals surface area contributed by atoms with Crippen LogP contribution in [0.5, 0.6) is 0 Å². The van der Waals surface area contributed by atoms with Crippen molar-refractivity contribution in [1.29, 1.82) is 0 Å². The molecule has 1 aromatic carbocycles. The summed E-state index contributed by atoms with van der Waals surface area (Å²) in [6, 6.07) is 12.1. The van der Waals surface area contributed by atoms with Crippen molar-refractivity contribution in [3.05, 3.63) is 59.9 Å². The summed E-state index contributed by atoms with van der Waals surface area (Å²) in [6.07, 6.45) is 3.44. The number of benzene rings is 1. The summed E-state index contributed by atoms with van der Waals surface area (Å²) in [5, 5.41) is 4.21. The monoisotopic (exact) mass is 266 g/mol. The number of aryl methyl sites for hydroxylation is 1. The lowest BCUT2D eigenvalue weighted by Crippen LogP contribution is -2.00. The van der Waals surface area contributed by atoms with Crippen molar-refractivity contribution in [3.63, 3.8) is 0 Å². The molecule has 0 N–H and O–H groups in total. The number of esters is 1. The van der Waals surface area contributed by atoms with E-state index in [1.807, 2.05) is 18.3 Å². The van der Waals surface area contributed by atoms with Gasteiger partial charge in [0.1, 0.15) is 5.56 Å². The van der Waals surface area contributed by atoms with Gasteiger partial charge in [0.25, 0.3) is 0 Å². The molecule has 0 atom stereocenters. The standard InChI is InChI=1S/C16H14N2O2/c1-11-3-5-12(6-4-11)13-7-8-15-14(16(19)20-2)9-17-18(15)10-13/h3-10H,1-2H3. The molecular formula is C16H14N2O2. The van der Waals surface area contributed by atoms with Gasteiger partial charge in [0.05, 0.1) is 18.8 Å². The summed E-state index contributed by atoms with van der Waals surface area (Å²) < 4.78 is 6.43. The third-order valence-electron chi connectivity index (χ3n) is 3.31. The average Bonchev–Trinajstić information content (AvgIpc) is 2.90. The summed E-state index contributed by atoms with van der Waals surface area (Å²) in [6.45, 7) is 2.06. The Morgan fingerprint density at radius 1 is 1.10 bits per heavy atom. The number of hydrogen-bond acceptors (Lipinski definition) is 3. The Labute approximate surface area is 116 Å². The predicted octanol–water partition coefficient (Wildman–Crippen LogP) is 3.10. The van der Waals surface area contributed by atoms with E-state index in [0.29, 0.717) is 5.56 Å². The van der Waals surface area contributed by atoms with Crippen LogP contribution in [0.3, 0.4) is 0 Å². The second kappa shape index (κ2) is 4.81. The Balaban J connectivity index is 2.08. The fraction of sp³-hybridized carbons (Fsp3) is 0.125. The third-order valence-corrected chi connectivity index (χ3v) is 3.31. The summed E-state index contributed by atoms with van der Waals surface area (Å²) in [4.78, 5) is 11.6. The van der Waals surface area contributed by atoms with Gasteiger partial charge in [-0.15, -0.1) is 0 Å². The molecule has 3 aromatic rings. The fourth-order valence-corrected chi connectivity index (χ4v) is 2.17. The molecule has 0 spiro atoms. The Hall–Kier alpha value is -2.62. The number of carbonyl (C=O) groups is 1. The molecule has 0 unspecified atom stereocenters. The Morgan fingerprint density at radius 3 is 2.50 bits per heavy atom. The lowest BCUT2D eigenvalue weighted by Gasteiger charge is -2.04. The van der Waals surface area contributed by atoms with Gasteiger partial charge in [-0.25, -0.2) is 9.31 Å². The highest BCUT2D eigenvalue weighted by Gasteiger charge is 2.13. The molecule has 0 radical (unpaired) electrons. The van der Waals surface area contributed by atoms with Crippen molar-refractivity contribution >= 4 is 11.5 Å². The van der Waals surface area contributed by atoms with E-state index in [4.69, 9.17) is 4.74 Å². The maximum Gasteiger partial charge on any atom is 0.341 e. The number of ether oxygens (including phenoxy) is 1. The molecule has 0 aliphatic rings. The zero-order valence-corrected chi connectivity index (χ0v) is 11.3. The second-order valence-corrected chi connectivity index (χ2v) is 4.66. The molecule has 0 aliphatic carbocycles. The Kier molecular flexibility index (Phi) is 2.99. The van der Waals surface area contributed by atoms with E-state index in [1.54, 1.807) is 4.52 Å². The number of methoxy groups -OCH3 is 1. The quantitative estimate of drug-likeness (QED) is 0.669. The van der Waals surface area contributed by atoms with Crippen molar-refractivity contribution in [2.75, 3.05) is 7.11 Å². The van der Waals surface area contributed by atoms with E-state index in [-0.39, 0.29) is 5.97 Å². The summed E-state index contributed by atoms with van der Waals surface area (Å²) in [7, 11) is 1.37. The number of hydrogen-bond donors (Lipinski definition) is 0. The topological polar surface area (TPSA) is 43.6 Å². The van der Waals surface area contributed by atoms with Crippen LogP contribution in [-0.4, -0.2) is 22.7 Å². The van der Waals surface area contributed by atoms with E-state index >= 15 is 0 Å². The summed E-state index contributed by atoms with van der Waals surface area (Å²) in [5.41, 5.74) is 4.61. The SMILES string of the molecule is COC(=O)c1cnn2cc(-c3ccc(C)cc3)ccc12. The number of pyridine rings is 1. The average molecular weight is 266 g/mol. The molecule has 0 saturated heterocycles. The maximum atomic E-state index is 11.6. The number of aromatic nitrogens is 2. The molecule has 0 saturated carbocycles. The van der Waals surface area contributed by atoms with E-state index in [2.05, 4.69) is 36.3 Å². The van der Waals surface area contributed by atoms with Crippen molar-refractivity contribution in [1.82, 2.24) is 9.61 Å². The lowest BCUT2D eigenvalue weighted by molar-refractivity contribution is 0.0603. The van der Waals surface area contributed by atoms with Crippen LogP contribution in [0.15, 0.2) is 48.8 Å². The van der Waals surface area contributed by atoms with Crippen molar-refractivity contribution in [2.24, 2.45) is 0 Å². The van der Waals surface area contributed by atoms with Crippen LogP contribution in [0, 0.1) is 6.92 Å². The fourth-order valence-electron chi connectivity index (χ4n) is 2.17. The number of carbonyl (C=O) groups excluding carboxylic acids is 1. The molecule has 2 aromatic heterocycles. The Bertz CT molecular complexity index is 773. The molecule has 0 bridgehead atoms. The minimum atomic E-state index is -0.372. The first-order valence-electron chi connectivity index (χ1n) is 6.32. The van der Waals surface area contributed by atoms with Gasteiger partial charge in [0.2, 0.25) is 0 Å². The highest BCUT2D eigenvalue weighted by atomic mass is 16.5. The van der Waals surface area contributed by atoms with Gasteiger partial charge < -0.3 is 4.74 Å². The van der Waals surface area contributed by atoms with Gasteiger partial charge in [-0.1, -0.05) is 35.9 Å². The molecule has 0 amide bonds. The molecule has 0 aliphatic heterocycles. The van der Waals surface area contributed by atoms with Gasteiger partial charge in [0, 0.05) is 11.8 Å². The van der Waals surface area contributed by atoms with Crippen molar-refractivity contribution in [3.8, 4) is 11.1 Å². The van der Waals surface area contributed by atoms with Gasteiger partial charge in [-0.3, -0.25) is 0 Å². The van der Waals surface area contributed by atoms with Gasteiger partial charge in [0.15, 0.2) is 0 Å². The molecule has 2 heterocycles. The molecule has 3 rings (SSSR count). The van der Waals surface area contributed by atoms with Gasteiger partial charge in [-0.2, -0.15) is 5.10 Å². The van der Waals surface area contributed by atoms with Crippen LogP contribution in [-0.2, 0) is 4.74 Å². The number of rotatable bonds is 2. The second-order valence-electron chi connectivity index (χ2n) is 4.66. The number of fused-ring (bicyclic) bond motifs is 1. The first-order valence-corrected chi connectivity index (χ1v) is 6.32. The molecule has 4 heteroatoms. The van der Waals surface area contributed by atoms with Crippen molar-refractivity contribution in [2.45, 2.75) is 6.92 Å². The van der Waals surface area contributed by atoms with Crippen LogP contribution < -0.4 is 0 Å². The zero-order chi connectivity index (χ0) is 14.1. The normalized spacial score (nSPS) is 10.7. The lowest BCUT2D eigenvalue weighted by atomic mass is 10.1. The first kappa shape index (κ1) is 12.4. The van der Waals surface area contributed by atoms with E-state index in [9.17, 15) is 4.79 Å². The maximum absolute atomic E-state index is 11.6. The molecule has 20 heavy (non-hydrogen) atoms. The van der Waals surface area contributed by atoms with Crippen LogP contribution >= 0.6 is 0 Å². The highest BCUT2D eigenvalue weighted by molar-refractivity contribution is 5.96. The molecule has 100 valence electrons. The van der Waals surface area contributed by atoms with Crippen LogP contribution in [0.2, 0.25) is 0 Å².